The van der Waals surface area contributed by atoms with Crippen molar-refractivity contribution in [1.82, 2.24) is 0 Å². The Morgan fingerprint density at radius 3 is 2.44 bits per heavy atom. The molecule has 0 N–H and O–H groups in total. The van der Waals surface area contributed by atoms with Crippen LogP contribution in [0.25, 0.3) is 0 Å². The van der Waals surface area contributed by atoms with Crippen LogP contribution in [0.2, 0.25) is 0 Å². The number of carbonyl (C=O) groups is 1. The largest absolute Gasteiger partial charge is 0.496 e. The smallest absolute Gasteiger partial charge is 0.342 e. The highest BCUT2D eigenvalue weighted by molar-refractivity contribution is 5.95. The van der Waals surface area contributed by atoms with E-state index >= 15 is 0 Å². The Labute approximate surface area is 91.9 Å². The second-order valence-electron chi connectivity index (χ2n) is 3.04. The average molecular weight is 225 g/mol. The lowest BCUT2D eigenvalue weighted by atomic mass is 10.1. The van der Waals surface area contributed by atoms with Gasteiger partial charge in [-0.2, -0.15) is 0 Å². The molecule has 1 rings (SSSR count). The molecule has 0 atom stereocenters. The van der Waals surface area contributed by atoms with Crippen molar-refractivity contribution in [2.45, 2.75) is 6.92 Å². The molecule has 86 valence electrons. The first-order valence-corrected chi connectivity index (χ1v) is 4.43. The van der Waals surface area contributed by atoms with Crippen LogP contribution in [0.1, 0.15) is 15.9 Å². The van der Waals surface area contributed by atoms with Gasteiger partial charge in [0, 0.05) is 11.6 Å². The number of nitrogens with zero attached hydrogens (tertiary/aromatic N) is 1. The highest BCUT2D eigenvalue weighted by Crippen LogP contribution is 2.29. The summed E-state index contributed by atoms with van der Waals surface area (Å²) in [5.41, 5.74) is 0.177. The predicted molar refractivity (Wildman–Crippen MR) is 55.7 cm³/mol. The molecule has 0 saturated heterocycles. The quantitative estimate of drug-likeness (QED) is 0.444. The van der Waals surface area contributed by atoms with Gasteiger partial charge in [-0.1, -0.05) is 0 Å². The Hall–Kier alpha value is -2.11. The van der Waals surface area contributed by atoms with Crippen LogP contribution in [0.5, 0.6) is 5.75 Å². The van der Waals surface area contributed by atoms with E-state index in [1.807, 2.05) is 0 Å². The molecule has 0 unspecified atom stereocenters. The first-order chi connectivity index (χ1) is 7.52. The Balaban J connectivity index is 3.46. The van der Waals surface area contributed by atoms with Crippen molar-refractivity contribution in [2.75, 3.05) is 14.2 Å². The molecule has 6 heteroatoms. The van der Waals surface area contributed by atoms with Crippen molar-refractivity contribution >= 4 is 11.7 Å². The molecule has 0 heterocycles. The summed E-state index contributed by atoms with van der Waals surface area (Å²) in [6.45, 7) is 1.48. The Bertz CT molecular complexity index is 441. The second kappa shape index (κ2) is 4.61. The van der Waals surface area contributed by atoms with E-state index < -0.39 is 10.9 Å². The summed E-state index contributed by atoms with van der Waals surface area (Å²) >= 11 is 0. The normalized spacial score (nSPS) is 9.69. The third-order valence-electron chi connectivity index (χ3n) is 2.20. The molecule has 0 aliphatic rings. The second-order valence-corrected chi connectivity index (χ2v) is 3.04. The summed E-state index contributed by atoms with van der Waals surface area (Å²) in [4.78, 5) is 21.6. The molecule has 0 bridgehead atoms. The monoisotopic (exact) mass is 225 g/mol. The Kier molecular flexibility index (Phi) is 3.44. The van der Waals surface area contributed by atoms with E-state index in [4.69, 9.17) is 4.74 Å². The van der Waals surface area contributed by atoms with Crippen LogP contribution < -0.4 is 4.74 Å². The van der Waals surface area contributed by atoms with Crippen molar-refractivity contribution in [2.24, 2.45) is 0 Å². The Morgan fingerprint density at radius 2 is 2.00 bits per heavy atom. The maximum Gasteiger partial charge on any atom is 0.342 e. The minimum absolute atomic E-state index is 0.0826. The van der Waals surface area contributed by atoms with Crippen LogP contribution in [0.4, 0.5) is 5.69 Å². The van der Waals surface area contributed by atoms with Gasteiger partial charge in [-0.3, -0.25) is 10.1 Å². The molecule has 0 fully saturated rings. The third kappa shape index (κ3) is 1.95. The van der Waals surface area contributed by atoms with Gasteiger partial charge in [0.25, 0.3) is 5.69 Å². The van der Waals surface area contributed by atoms with Gasteiger partial charge in [-0.15, -0.1) is 0 Å². The molecule has 0 aliphatic heterocycles. The third-order valence-corrected chi connectivity index (χ3v) is 2.20. The van der Waals surface area contributed by atoms with E-state index in [1.54, 1.807) is 0 Å². The molecule has 6 nitrogen and oxygen atoms in total. The number of carbonyl (C=O) groups excluding carboxylic acids is 1. The lowest BCUT2D eigenvalue weighted by Crippen LogP contribution is -2.08. The molecule has 16 heavy (non-hydrogen) atoms. The predicted octanol–water partition coefficient (Wildman–Crippen LogP) is 1.70. The number of methoxy groups -OCH3 is 2. The maximum absolute atomic E-state index is 11.5. The maximum atomic E-state index is 11.5. The molecular formula is C10H11NO5. The number of ether oxygens (including phenoxy) is 2. The molecule has 0 amide bonds. The van der Waals surface area contributed by atoms with E-state index in [-0.39, 0.29) is 22.6 Å². The average Bonchev–Trinajstić information content (AvgIpc) is 2.26. The van der Waals surface area contributed by atoms with Gasteiger partial charge in [0.05, 0.1) is 19.1 Å². The number of hydrogen-bond acceptors (Lipinski definition) is 5. The van der Waals surface area contributed by atoms with Gasteiger partial charge in [0.1, 0.15) is 11.3 Å². The van der Waals surface area contributed by atoms with Crippen molar-refractivity contribution < 1.29 is 19.2 Å². The summed E-state index contributed by atoms with van der Waals surface area (Å²) < 4.78 is 9.51. The fourth-order valence-corrected chi connectivity index (χ4v) is 1.40. The number of benzene rings is 1. The van der Waals surface area contributed by atoms with Crippen LogP contribution in [0.3, 0.4) is 0 Å². The standard InChI is InChI=1S/C10H11NO5/c1-6-7(11(13)14)4-5-8(15-2)9(6)10(12)16-3/h4-5H,1-3H3. The fraction of sp³-hybridized carbons (Fsp3) is 0.300. The topological polar surface area (TPSA) is 78.7 Å². The van der Waals surface area contributed by atoms with Crippen LogP contribution in [0.15, 0.2) is 12.1 Å². The van der Waals surface area contributed by atoms with Gasteiger partial charge in [-0.05, 0) is 13.0 Å². The van der Waals surface area contributed by atoms with Gasteiger partial charge in [-0.25, -0.2) is 4.79 Å². The van der Waals surface area contributed by atoms with Crippen molar-refractivity contribution in [3.8, 4) is 5.75 Å². The summed E-state index contributed by atoms with van der Waals surface area (Å²) in [6, 6.07) is 2.66. The zero-order valence-corrected chi connectivity index (χ0v) is 9.14. The van der Waals surface area contributed by atoms with Gasteiger partial charge >= 0.3 is 5.97 Å². The van der Waals surface area contributed by atoms with Crippen molar-refractivity contribution in [1.29, 1.82) is 0 Å². The summed E-state index contributed by atoms with van der Waals surface area (Å²) in [5.74, 6) is -0.395. The molecule has 0 saturated carbocycles. The van der Waals surface area contributed by atoms with E-state index in [9.17, 15) is 14.9 Å². The van der Waals surface area contributed by atoms with E-state index in [1.165, 1.54) is 33.3 Å². The van der Waals surface area contributed by atoms with Crippen LogP contribution >= 0.6 is 0 Å². The number of esters is 1. The molecule has 1 aromatic carbocycles. The van der Waals surface area contributed by atoms with Crippen LogP contribution in [0, 0.1) is 17.0 Å². The lowest BCUT2D eigenvalue weighted by molar-refractivity contribution is -0.385. The summed E-state index contributed by atoms with van der Waals surface area (Å²) in [6.07, 6.45) is 0. The molecule has 0 aliphatic carbocycles. The van der Waals surface area contributed by atoms with Crippen molar-refractivity contribution in [3.63, 3.8) is 0 Å². The van der Waals surface area contributed by atoms with E-state index in [0.29, 0.717) is 0 Å². The zero-order chi connectivity index (χ0) is 12.3. The number of rotatable bonds is 3. The molecular weight excluding hydrogens is 214 g/mol. The highest BCUT2D eigenvalue weighted by atomic mass is 16.6. The molecule has 1 aromatic rings. The van der Waals surface area contributed by atoms with E-state index in [0.717, 1.165) is 0 Å². The van der Waals surface area contributed by atoms with Gasteiger partial charge in [0.15, 0.2) is 0 Å². The summed E-state index contributed by atoms with van der Waals surface area (Å²) in [7, 11) is 2.59. The van der Waals surface area contributed by atoms with Gasteiger partial charge < -0.3 is 9.47 Å². The number of nitro groups is 1. The highest BCUT2D eigenvalue weighted by Gasteiger charge is 2.23. The van der Waals surface area contributed by atoms with Crippen molar-refractivity contribution in [3.05, 3.63) is 33.4 Å². The summed E-state index contributed by atoms with van der Waals surface area (Å²) in [5, 5.41) is 10.7. The minimum Gasteiger partial charge on any atom is -0.496 e. The minimum atomic E-state index is -0.655. The number of nitro benzene ring substituents is 1. The van der Waals surface area contributed by atoms with Gasteiger partial charge in [0.2, 0.25) is 0 Å². The zero-order valence-electron chi connectivity index (χ0n) is 9.14. The first-order valence-electron chi connectivity index (χ1n) is 4.43. The SMILES string of the molecule is COC(=O)c1c(OC)ccc([N+](=O)[O-])c1C. The van der Waals surface area contributed by atoms with E-state index in [2.05, 4.69) is 4.74 Å². The van der Waals surface area contributed by atoms with Crippen LogP contribution in [-0.2, 0) is 4.74 Å². The number of hydrogen-bond donors (Lipinski definition) is 0. The fourth-order valence-electron chi connectivity index (χ4n) is 1.40. The molecule has 0 aromatic heterocycles. The van der Waals surface area contributed by atoms with Crippen LogP contribution in [-0.4, -0.2) is 25.1 Å². The Morgan fingerprint density at radius 1 is 1.38 bits per heavy atom. The molecule has 0 spiro atoms. The molecule has 0 radical (unpaired) electrons. The lowest BCUT2D eigenvalue weighted by Gasteiger charge is -2.09. The first kappa shape index (κ1) is 12.0.